The summed E-state index contributed by atoms with van der Waals surface area (Å²) in [6, 6.07) is 0. The zero-order chi connectivity index (χ0) is 23.3. The molecule has 0 bridgehead atoms. The molecule has 0 aromatic heterocycles. The van der Waals surface area contributed by atoms with Gasteiger partial charge in [-0.2, -0.15) is 0 Å². The van der Waals surface area contributed by atoms with Crippen LogP contribution in [0.4, 0.5) is 0 Å². The average molecular weight is 423 g/mol. The molecular weight excluding hydrogens is 376 g/mol. The highest BCUT2D eigenvalue weighted by Gasteiger charge is 2.67. The molecular formula is C26H46O4. The summed E-state index contributed by atoms with van der Waals surface area (Å²) in [5.41, 5.74) is -2.56. The Balaban J connectivity index is 3.85. The van der Waals surface area contributed by atoms with Crippen molar-refractivity contribution in [2.75, 3.05) is 0 Å². The van der Waals surface area contributed by atoms with Gasteiger partial charge in [-0.25, -0.2) is 0 Å². The van der Waals surface area contributed by atoms with Crippen molar-refractivity contribution < 1.29 is 19.8 Å². The van der Waals surface area contributed by atoms with Crippen LogP contribution < -0.4 is 0 Å². The number of hydrogen-bond donors (Lipinski definition) is 2. The summed E-state index contributed by atoms with van der Waals surface area (Å²) in [4.78, 5) is 26.4. The highest BCUT2D eigenvalue weighted by molar-refractivity contribution is 5.88. The summed E-state index contributed by atoms with van der Waals surface area (Å²) < 4.78 is 0. The van der Waals surface area contributed by atoms with Gasteiger partial charge in [-0.3, -0.25) is 9.59 Å². The normalized spacial score (nSPS) is 24.7. The van der Waals surface area contributed by atoms with E-state index in [2.05, 4.69) is 55.4 Å². The third kappa shape index (κ3) is 5.48. The van der Waals surface area contributed by atoms with Crippen LogP contribution in [0.15, 0.2) is 12.2 Å². The topological polar surface area (TPSA) is 74.6 Å². The minimum absolute atomic E-state index is 0.169. The van der Waals surface area contributed by atoms with Crippen molar-refractivity contribution in [3.05, 3.63) is 12.2 Å². The van der Waals surface area contributed by atoms with E-state index in [1.807, 2.05) is 12.2 Å². The number of carboxylic acids is 2. The van der Waals surface area contributed by atoms with Gasteiger partial charge in [0.1, 0.15) is 0 Å². The number of hydrogen-bond acceptors (Lipinski definition) is 2. The molecule has 1 rings (SSSR count). The number of rotatable bonds is 12. The third-order valence-corrected chi connectivity index (χ3v) is 7.02. The second kappa shape index (κ2) is 10.8. The van der Waals surface area contributed by atoms with E-state index < -0.39 is 22.8 Å². The van der Waals surface area contributed by atoms with E-state index in [1.165, 1.54) is 0 Å². The van der Waals surface area contributed by atoms with Gasteiger partial charge in [0.15, 0.2) is 0 Å². The lowest BCUT2D eigenvalue weighted by atomic mass is 9.45. The first-order chi connectivity index (χ1) is 13.8. The fraction of sp³-hybridized carbons (Fsp3) is 0.846. The second-order valence-electron chi connectivity index (χ2n) is 11.3. The molecule has 2 unspecified atom stereocenters. The summed E-state index contributed by atoms with van der Waals surface area (Å²) in [5, 5.41) is 21.6. The van der Waals surface area contributed by atoms with Gasteiger partial charge in [0, 0.05) is 0 Å². The molecule has 2 N–H and O–H groups in total. The van der Waals surface area contributed by atoms with Crippen LogP contribution in [-0.2, 0) is 9.59 Å². The molecule has 0 aromatic rings. The lowest BCUT2D eigenvalue weighted by Crippen LogP contribution is -2.61. The molecule has 0 saturated carbocycles. The number of carboxylic acid groups (broad SMARTS) is 2. The van der Waals surface area contributed by atoms with Crippen molar-refractivity contribution in [3.8, 4) is 0 Å². The monoisotopic (exact) mass is 422 g/mol. The molecule has 0 heterocycles. The molecule has 4 nitrogen and oxygen atoms in total. The molecule has 1 aliphatic carbocycles. The van der Waals surface area contributed by atoms with Crippen molar-refractivity contribution in [3.63, 3.8) is 0 Å². The van der Waals surface area contributed by atoms with Crippen LogP contribution in [0.2, 0.25) is 0 Å². The van der Waals surface area contributed by atoms with Gasteiger partial charge in [0.25, 0.3) is 0 Å². The average Bonchev–Trinajstić information content (AvgIpc) is 2.58. The first-order valence-corrected chi connectivity index (χ1v) is 11.9. The summed E-state index contributed by atoms with van der Waals surface area (Å²) in [6.07, 6.45) is 7.45. The summed E-state index contributed by atoms with van der Waals surface area (Å²) in [7, 11) is 0. The van der Waals surface area contributed by atoms with E-state index in [-0.39, 0.29) is 11.8 Å². The van der Waals surface area contributed by atoms with Crippen molar-refractivity contribution in [1.29, 1.82) is 0 Å². The van der Waals surface area contributed by atoms with Crippen LogP contribution in [0.25, 0.3) is 0 Å². The molecule has 2 atom stereocenters. The Bertz CT molecular complexity index is 532. The minimum atomic E-state index is -1.28. The molecule has 4 heteroatoms. The van der Waals surface area contributed by atoms with Gasteiger partial charge >= 0.3 is 11.9 Å². The van der Waals surface area contributed by atoms with E-state index in [1.54, 1.807) is 0 Å². The summed E-state index contributed by atoms with van der Waals surface area (Å²) in [6.45, 7) is 16.9. The van der Waals surface area contributed by atoms with Gasteiger partial charge < -0.3 is 10.2 Å². The van der Waals surface area contributed by atoms with Crippen LogP contribution in [0.5, 0.6) is 0 Å². The molecule has 30 heavy (non-hydrogen) atoms. The van der Waals surface area contributed by atoms with Crippen molar-refractivity contribution in [2.45, 2.75) is 93.9 Å². The first-order valence-electron chi connectivity index (χ1n) is 11.9. The smallest absolute Gasteiger partial charge is 0.311 e. The van der Waals surface area contributed by atoms with Crippen molar-refractivity contribution >= 4 is 11.9 Å². The maximum Gasteiger partial charge on any atom is 0.311 e. The largest absolute Gasteiger partial charge is 0.481 e. The predicted molar refractivity (Wildman–Crippen MR) is 123 cm³/mol. The lowest BCUT2D eigenvalue weighted by Gasteiger charge is -2.55. The van der Waals surface area contributed by atoms with Gasteiger partial charge in [-0.05, 0) is 74.0 Å². The molecule has 1 aliphatic rings. The highest BCUT2D eigenvalue weighted by atomic mass is 16.4. The number of allylic oxidation sites excluding steroid dienone is 2. The summed E-state index contributed by atoms with van der Waals surface area (Å²) >= 11 is 0. The van der Waals surface area contributed by atoms with Crippen LogP contribution in [0.3, 0.4) is 0 Å². The first kappa shape index (κ1) is 26.7. The zero-order valence-corrected chi connectivity index (χ0v) is 20.6. The molecule has 0 amide bonds. The Labute approximate surface area is 184 Å². The van der Waals surface area contributed by atoms with Gasteiger partial charge in [0.05, 0.1) is 10.8 Å². The lowest BCUT2D eigenvalue weighted by molar-refractivity contribution is -0.193. The van der Waals surface area contributed by atoms with Gasteiger partial charge in [0.2, 0.25) is 0 Å². The van der Waals surface area contributed by atoms with Crippen LogP contribution in [-0.4, -0.2) is 22.2 Å². The highest BCUT2D eigenvalue weighted by Crippen LogP contribution is 2.62. The van der Waals surface area contributed by atoms with Gasteiger partial charge in [-0.1, -0.05) is 67.5 Å². The van der Waals surface area contributed by atoms with Crippen LogP contribution in [0.1, 0.15) is 93.9 Å². The third-order valence-electron chi connectivity index (χ3n) is 7.02. The molecule has 0 aliphatic heterocycles. The molecule has 0 radical (unpaired) electrons. The Morgan fingerprint density at radius 2 is 0.867 bits per heavy atom. The Morgan fingerprint density at radius 3 is 1.03 bits per heavy atom. The number of aliphatic carboxylic acids is 2. The summed E-state index contributed by atoms with van der Waals surface area (Å²) in [5.74, 6) is -0.911. The second-order valence-corrected chi connectivity index (χ2v) is 11.3. The van der Waals surface area contributed by atoms with Crippen LogP contribution in [0, 0.1) is 46.3 Å². The Hall–Kier alpha value is -1.32. The van der Waals surface area contributed by atoms with E-state index >= 15 is 0 Å². The standard InChI is InChI=1S/C26H46O4/c1-17(2)13-21(14-18(3)4)25(23(27)28)11-9-10-12-26(25,24(29)30)22(15-19(5)6)16-20(7)8/h9-10,17-22H,11-16H2,1-8H3,(H,27,28)(H,29,30). The van der Waals surface area contributed by atoms with E-state index in [4.69, 9.17) is 0 Å². The van der Waals surface area contributed by atoms with Gasteiger partial charge in [-0.15, -0.1) is 0 Å². The van der Waals surface area contributed by atoms with E-state index in [9.17, 15) is 19.8 Å². The maximum absolute atomic E-state index is 13.2. The Morgan fingerprint density at radius 1 is 0.633 bits per heavy atom. The molecule has 0 spiro atoms. The molecule has 174 valence electrons. The fourth-order valence-corrected chi connectivity index (χ4v) is 6.14. The molecule has 0 saturated heterocycles. The van der Waals surface area contributed by atoms with Crippen LogP contribution >= 0.6 is 0 Å². The minimum Gasteiger partial charge on any atom is -0.481 e. The van der Waals surface area contributed by atoms with E-state index in [0.29, 0.717) is 36.5 Å². The zero-order valence-electron chi connectivity index (χ0n) is 20.6. The SMILES string of the molecule is CC(C)CC(CC(C)C)C1(C(=O)O)CC=CCC1(C(=O)O)C(CC(C)C)CC(C)C. The Kier molecular flexibility index (Phi) is 9.63. The fourth-order valence-electron chi connectivity index (χ4n) is 6.14. The molecule has 0 fully saturated rings. The van der Waals surface area contributed by atoms with Crippen molar-refractivity contribution in [2.24, 2.45) is 46.3 Å². The predicted octanol–water partition coefficient (Wildman–Crippen LogP) is 6.90. The van der Waals surface area contributed by atoms with E-state index in [0.717, 1.165) is 25.7 Å². The maximum atomic E-state index is 13.2. The molecule has 0 aromatic carbocycles. The van der Waals surface area contributed by atoms with Crippen molar-refractivity contribution in [1.82, 2.24) is 0 Å². The number of carbonyl (C=O) groups is 2. The quantitative estimate of drug-likeness (QED) is 0.336.